The van der Waals surface area contributed by atoms with E-state index in [1.165, 1.54) is 6.07 Å². The predicted octanol–water partition coefficient (Wildman–Crippen LogP) is 2.57. The van der Waals surface area contributed by atoms with E-state index in [4.69, 9.17) is 10.8 Å². The molecule has 88 valence electrons. The molecule has 16 heavy (non-hydrogen) atoms. The maximum atomic E-state index is 10.7. The van der Waals surface area contributed by atoms with Crippen molar-refractivity contribution in [3.63, 3.8) is 0 Å². The van der Waals surface area contributed by atoms with Gasteiger partial charge in [-0.2, -0.15) is 0 Å². The molecule has 0 spiro atoms. The fourth-order valence-corrected chi connectivity index (χ4v) is 1.54. The largest absolute Gasteiger partial charge is 0.478 e. The lowest BCUT2D eigenvalue weighted by atomic mass is 10.1. The minimum atomic E-state index is -0.958. The average molecular weight is 222 g/mol. The van der Waals surface area contributed by atoms with Gasteiger partial charge in [-0.3, -0.25) is 0 Å². The van der Waals surface area contributed by atoms with E-state index in [9.17, 15) is 4.79 Å². The summed E-state index contributed by atoms with van der Waals surface area (Å²) in [5.41, 5.74) is 7.29. The zero-order valence-corrected chi connectivity index (χ0v) is 9.66. The van der Waals surface area contributed by atoms with E-state index in [1.54, 1.807) is 12.1 Å². The van der Waals surface area contributed by atoms with Crippen molar-refractivity contribution in [2.75, 3.05) is 11.1 Å². The van der Waals surface area contributed by atoms with Gasteiger partial charge < -0.3 is 16.2 Å². The molecule has 1 aromatic rings. The number of nitrogens with two attached hydrogens (primary N) is 1. The first kappa shape index (κ1) is 12.4. The van der Waals surface area contributed by atoms with E-state index in [2.05, 4.69) is 19.2 Å². The van der Waals surface area contributed by atoms with E-state index >= 15 is 0 Å². The van der Waals surface area contributed by atoms with Gasteiger partial charge in [0.25, 0.3) is 0 Å². The molecule has 4 nitrogen and oxygen atoms in total. The van der Waals surface area contributed by atoms with Gasteiger partial charge in [-0.25, -0.2) is 4.79 Å². The van der Waals surface area contributed by atoms with Gasteiger partial charge >= 0.3 is 5.97 Å². The minimum absolute atomic E-state index is 0.215. The molecule has 0 aliphatic heterocycles. The summed E-state index contributed by atoms with van der Waals surface area (Å²) in [6.45, 7) is 4.20. The summed E-state index contributed by atoms with van der Waals surface area (Å²) in [4.78, 5) is 10.7. The topological polar surface area (TPSA) is 75.3 Å². The normalized spacial score (nSPS) is 10.4. The molecule has 0 bridgehead atoms. The maximum Gasteiger partial charge on any atom is 0.335 e. The van der Waals surface area contributed by atoms with Crippen LogP contribution in [0.15, 0.2) is 18.2 Å². The minimum Gasteiger partial charge on any atom is -0.478 e. The van der Waals surface area contributed by atoms with Crippen molar-refractivity contribution in [1.82, 2.24) is 0 Å². The molecule has 0 unspecified atom stereocenters. The van der Waals surface area contributed by atoms with Gasteiger partial charge in [-0.05, 0) is 31.0 Å². The summed E-state index contributed by atoms with van der Waals surface area (Å²) in [7, 11) is 0. The fraction of sp³-hybridized carbons (Fsp3) is 0.417. The van der Waals surface area contributed by atoms with Crippen LogP contribution in [-0.4, -0.2) is 17.1 Å². The number of carbonyl (C=O) groups is 1. The van der Waals surface area contributed by atoms with Gasteiger partial charge in [0.15, 0.2) is 0 Å². The van der Waals surface area contributed by atoms with Gasteiger partial charge in [-0.15, -0.1) is 0 Å². The van der Waals surface area contributed by atoms with E-state index in [0.29, 0.717) is 11.7 Å². The molecule has 1 aromatic carbocycles. The Kier molecular flexibility index (Phi) is 4.17. The Balaban J connectivity index is 2.86. The lowest BCUT2D eigenvalue weighted by molar-refractivity contribution is 0.0697. The molecule has 4 N–H and O–H groups in total. The SMILES string of the molecule is CCC(CC)Nc1ccc(C(=O)O)cc1N. The van der Waals surface area contributed by atoms with E-state index in [0.717, 1.165) is 18.5 Å². The van der Waals surface area contributed by atoms with Crippen molar-refractivity contribution in [3.05, 3.63) is 23.8 Å². The Morgan fingerprint density at radius 2 is 2.06 bits per heavy atom. The molecular formula is C12H18N2O2. The Hall–Kier alpha value is -1.71. The molecule has 0 atom stereocenters. The summed E-state index contributed by atoms with van der Waals surface area (Å²) >= 11 is 0. The van der Waals surface area contributed by atoms with Crippen LogP contribution in [0.25, 0.3) is 0 Å². The van der Waals surface area contributed by atoms with Crippen LogP contribution in [0.2, 0.25) is 0 Å². The Labute approximate surface area is 95.5 Å². The number of hydrogen-bond acceptors (Lipinski definition) is 3. The van der Waals surface area contributed by atoms with E-state index < -0.39 is 5.97 Å². The van der Waals surface area contributed by atoms with Crippen LogP contribution in [-0.2, 0) is 0 Å². The second kappa shape index (κ2) is 5.39. The third kappa shape index (κ3) is 2.89. The summed E-state index contributed by atoms with van der Waals surface area (Å²) < 4.78 is 0. The van der Waals surface area contributed by atoms with Crippen molar-refractivity contribution in [2.24, 2.45) is 0 Å². The summed E-state index contributed by atoms with van der Waals surface area (Å²) in [6, 6.07) is 5.13. The fourth-order valence-electron chi connectivity index (χ4n) is 1.54. The highest BCUT2D eigenvalue weighted by molar-refractivity contribution is 5.90. The molecule has 0 heterocycles. The number of benzene rings is 1. The molecule has 0 amide bonds. The molecule has 0 radical (unpaired) electrons. The lowest BCUT2D eigenvalue weighted by Crippen LogP contribution is -2.18. The third-order valence-corrected chi connectivity index (χ3v) is 2.64. The molecule has 0 fully saturated rings. The molecule has 1 rings (SSSR count). The number of aromatic carboxylic acids is 1. The van der Waals surface area contributed by atoms with Crippen molar-refractivity contribution in [1.29, 1.82) is 0 Å². The van der Waals surface area contributed by atoms with Crippen LogP contribution < -0.4 is 11.1 Å². The first-order valence-corrected chi connectivity index (χ1v) is 5.47. The zero-order valence-electron chi connectivity index (χ0n) is 9.66. The van der Waals surface area contributed by atoms with Crippen molar-refractivity contribution in [2.45, 2.75) is 32.7 Å². The smallest absolute Gasteiger partial charge is 0.335 e. The lowest BCUT2D eigenvalue weighted by Gasteiger charge is -2.17. The van der Waals surface area contributed by atoms with Crippen LogP contribution in [0, 0.1) is 0 Å². The standard InChI is InChI=1S/C12H18N2O2/c1-3-9(4-2)14-11-6-5-8(12(15)16)7-10(11)13/h5-7,9,14H,3-4,13H2,1-2H3,(H,15,16). The van der Waals surface area contributed by atoms with Gasteiger partial charge in [0.05, 0.1) is 16.9 Å². The number of nitrogens with one attached hydrogen (secondary N) is 1. The Bertz CT molecular complexity index is 373. The first-order valence-electron chi connectivity index (χ1n) is 5.47. The first-order chi connectivity index (χ1) is 7.58. The maximum absolute atomic E-state index is 10.7. The van der Waals surface area contributed by atoms with E-state index in [1.807, 2.05) is 0 Å². The van der Waals surface area contributed by atoms with Crippen LogP contribution in [0.3, 0.4) is 0 Å². The monoisotopic (exact) mass is 222 g/mol. The highest BCUT2D eigenvalue weighted by Gasteiger charge is 2.08. The molecular weight excluding hydrogens is 204 g/mol. The van der Waals surface area contributed by atoms with Crippen molar-refractivity contribution < 1.29 is 9.90 Å². The van der Waals surface area contributed by atoms with Gasteiger partial charge in [0, 0.05) is 6.04 Å². The van der Waals surface area contributed by atoms with Crippen LogP contribution in [0.1, 0.15) is 37.0 Å². The number of carboxylic acids is 1. The summed E-state index contributed by atoms with van der Waals surface area (Å²) in [6.07, 6.45) is 2.02. The average Bonchev–Trinajstić information content (AvgIpc) is 2.27. The molecule has 0 saturated heterocycles. The third-order valence-electron chi connectivity index (χ3n) is 2.64. The molecule has 4 heteroatoms. The number of hydrogen-bond donors (Lipinski definition) is 3. The second-order valence-electron chi connectivity index (χ2n) is 3.76. The molecule has 0 aliphatic rings. The second-order valence-corrected chi connectivity index (χ2v) is 3.76. The number of nitrogen functional groups attached to an aromatic ring is 1. The highest BCUT2D eigenvalue weighted by atomic mass is 16.4. The number of carboxylic acid groups (broad SMARTS) is 1. The summed E-state index contributed by atoms with van der Waals surface area (Å²) in [5.74, 6) is -0.958. The number of rotatable bonds is 5. The van der Waals surface area contributed by atoms with Crippen LogP contribution in [0.5, 0.6) is 0 Å². The highest BCUT2D eigenvalue weighted by Crippen LogP contribution is 2.21. The number of anilines is 2. The van der Waals surface area contributed by atoms with Gasteiger partial charge in [0.2, 0.25) is 0 Å². The Morgan fingerprint density at radius 1 is 1.44 bits per heavy atom. The quantitative estimate of drug-likeness (QED) is 0.669. The zero-order chi connectivity index (χ0) is 12.1. The molecule has 0 saturated carbocycles. The Morgan fingerprint density at radius 3 is 2.50 bits per heavy atom. The molecule has 0 aromatic heterocycles. The van der Waals surface area contributed by atoms with Crippen LogP contribution in [0.4, 0.5) is 11.4 Å². The van der Waals surface area contributed by atoms with Gasteiger partial charge in [-0.1, -0.05) is 13.8 Å². The predicted molar refractivity (Wildman–Crippen MR) is 65.8 cm³/mol. The van der Waals surface area contributed by atoms with Crippen LogP contribution >= 0.6 is 0 Å². The van der Waals surface area contributed by atoms with Crippen molar-refractivity contribution >= 4 is 17.3 Å². The van der Waals surface area contributed by atoms with Crippen molar-refractivity contribution in [3.8, 4) is 0 Å². The van der Waals surface area contributed by atoms with Gasteiger partial charge in [0.1, 0.15) is 0 Å². The summed E-state index contributed by atoms with van der Waals surface area (Å²) in [5, 5.41) is 12.1. The molecule has 0 aliphatic carbocycles. The van der Waals surface area contributed by atoms with E-state index in [-0.39, 0.29) is 5.56 Å².